The topological polar surface area (TPSA) is 63.8 Å². The van der Waals surface area contributed by atoms with E-state index in [0.29, 0.717) is 0 Å². The second-order valence-electron chi connectivity index (χ2n) is 21.7. The molecular formula is C78H60N6. The van der Waals surface area contributed by atoms with Crippen molar-refractivity contribution < 1.29 is 0 Å². The van der Waals surface area contributed by atoms with Crippen LogP contribution in [0.25, 0.3) is 68.6 Å². The van der Waals surface area contributed by atoms with Crippen LogP contribution in [0.2, 0.25) is 0 Å². The number of nitrogens with one attached hydrogen (secondary N) is 2. The Balaban J connectivity index is 1.02. The van der Waals surface area contributed by atoms with Gasteiger partial charge in [-0.3, -0.25) is 0 Å². The number of anilines is 6. The van der Waals surface area contributed by atoms with Gasteiger partial charge in [0.15, 0.2) is 0 Å². The molecule has 402 valence electrons. The van der Waals surface area contributed by atoms with E-state index in [1.54, 1.807) is 0 Å². The number of hydrogen-bond acceptors (Lipinski definition) is 4. The van der Waals surface area contributed by atoms with Gasteiger partial charge in [-0.1, -0.05) is 132 Å². The number of H-pyrrole nitrogens is 2. The predicted octanol–water partition coefficient (Wildman–Crippen LogP) is 19.6. The number of nitrogens with zero attached hydrogens (tertiary/aromatic N) is 4. The van der Waals surface area contributed by atoms with Crippen molar-refractivity contribution in [1.82, 2.24) is 19.9 Å². The van der Waals surface area contributed by atoms with Gasteiger partial charge in [-0.05, 0) is 221 Å². The van der Waals surface area contributed by atoms with Crippen LogP contribution in [0, 0.1) is 65.2 Å². The zero-order chi connectivity index (χ0) is 57.3. The van der Waals surface area contributed by atoms with Gasteiger partial charge in [-0.25, -0.2) is 9.97 Å². The minimum Gasteiger partial charge on any atom is -0.354 e. The number of fused-ring (bicyclic) bond motifs is 8. The Bertz CT molecular complexity index is 4270. The van der Waals surface area contributed by atoms with E-state index in [4.69, 9.17) is 9.97 Å². The fourth-order valence-corrected chi connectivity index (χ4v) is 12.0. The molecule has 0 fully saturated rings. The Hall–Kier alpha value is -10.9. The maximum absolute atomic E-state index is 5.57. The molecule has 3 aromatic heterocycles. The molecule has 84 heavy (non-hydrogen) atoms. The molecule has 6 nitrogen and oxygen atoms in total. The van der Waals surface area contributed by atoms with Crippen LogP contribution in [0.3, 0.4) is 0 Å². The van der Waals surface area contributed by atoms with Crippen LogP contribution in [0.1, 0.15) is 78.4 Å². The minimum absolute atomic E-state index is 0.762. The van der Waals surface area contributed by atoms with Crippen LogP contribution < -0.4 is 9.80 Å². The number of aromatic amines is 2. The molecule has 8 aromatic carbocycles. The number of aryl methyl sites for hydroxylation is 6. The summed E-state index contributed by atoms with van der Waals surface area (Å²) in [5, 5.41) is 0. The standard InChI is InChI=1S/C78H60N6/c1-51-47-53(3)75(54(4)48-51)77-71-43-39-67(79-71)65(37-31-57-27-33-63(34-28-57)83(59-19-11-7-12-20-59)60-21-13-8-14-22-60)69-41-45-73(81-69)78(76-55(5)49-52(2)50-56(76)6)74-46-42-70(82-74)66(68-40-44-72(77)80-68)38-32-58-29-35-64(36-30-58)84(61-23-15-9-16-24-61)62-25-17-10-18-26-62/h7-30,33-36,39-50,79,82H,1-6H3. The molecule has 0 amide bonds. The summed E-state index contributed by atoms with van der Waals surface area (Å²) in [4.78, 5) is 23.5. The number of benzene rings is 8. The number of para-hydroxylation sites is 4. The highest BCUT2D eigenvalue weighted by molar-refractivity contribution is 5.97. The molecule has 5 heterocycles. The fourth-order valence-electron chi connectivity index (χ4n) is 12.0. The van der Waals surface area contributed by atoms with Crippen molar-refractivity contribution in [2.24, 2.45) is 0 Å². The average Bonchev–Trinajstić information content (AvgIpc) is 4.28. The molecule has 11 aromatic rings. The van der Waals surface area contributed by atoms with E-state index in [1.807, 2.05) is 24.3 Å². The molecule has 0 aliphatic carbocycles. The zero-order valence-electron chi connectivity index (χ0n) is 47.9. The van der Waals surface area contributed by atoms with Gasteiger partial charge in [0.2, 0.25) is 0 Å². The van der Waals surface area contributed by atoms with Crippen LogP contribution in [-0.4, -0.2) is 19.9 Å². The first kappa shape index (κ1) is 52.5. The highest BCUT2D eigenvalue weighted by atomic mass is 15.1. The summed E-state index contributed by atoms with van der Waals surface area (Å²) < 4.78 is 0. The molecule has 0 spiro atoms. The lowest BCUT2D eigenvalue weighted by Gasteiger charge is -2.25. The van der Waals surface area contributed by atoms with Gasteiger partial charge in [-0.15, -0.1) is 0 Å². The molecule has 2 N–H and O–H groups in total. The summed E-state index contributed by atoms with van der Waals surface area (Å²) >= 11 is 0. The first-order valence-electron chi connectivity index (χ1n) is 28.5. The highest BCUT2D eigenvalue weighted by Gasteiger charge is 2.21. The van der Waals surface area contributed by atoms with Crippen molar-refractivity contribution in [3.05, 3.63) is 297 Å². The lowest BCUT2D eigenvalue weighted by Crippen LogP contribution is -2.09. The number of rotatable bonds is 8. The Morgan fingerprint density at radius 3 is 0.893 bits per heavy atom. The van der Waals surface area contributed by atoms with Gasteiger partial charge in [0.05, 0.1) is 44.9 Å². The van der Waals surface area contributed by atoms with E-state index >= 15 is 0 Å². The van der Waals surface area contributed by atoms with Crippen LogP contribution in [-0.2, 0) is 0 Å². The zero-order valence-corrected chi connectivity index (χ0v) is 47.9. The molecule has 0 unspecified atom stereocenters. The molecule has 0 saturated heterocycles. The fraction of sp³-hybridized carbons (Fsp3) is 0.0769. The highest BCUT2D eigenvalue weighted by Crippen LogP contribution is 2.40. The van der Waals surface area contributed by atoms with Gasteiger partial charge >= 0.3 is 0 Å². The second kappa shape index (κ2) is 22.6. The van der Waals surface area contributed by atoms with Crippen molar-refractivity contribution in [3.63, 3.8) is 0 Å². The van der Waals surface area contributed by atoms with Gasteiger partial charge in [0.25, 0.3) is 0 Å². The van der Waals surface area contributed by atoms with Gasteiger partial charge in [0.1, 0.15) is 0 Å². The molecule has 13 rings (SSSR count). The molecule has 6 heteroatoms. The van der Waals surface area contributed by atoms with Gasteiger partial charge in [0, 0.05) is 67.4 Å². The normalized spacial score (nSPS) is 11.4. The van der Waals surface area contributed by atoms with E-state index in [2.05, 4.69) is 303 Å². The van der Waals surface area contributed by atoms with Crippen LogP contribution >= 0.6 is 0 Å². The lowest BCUT2D eigenvalue weighted by molar-refractivity contribution is 1.27. The molecule has 0 radical (unpaired) electrons. The second-order valence-corrected chi connectivity index (χ2v) is 21.7. The molecule has 0 saturated carbocycles. The molecular weight excluding hydrogens is 1020 g/mol. The lowest BCUT2D eigenvalue weighted by atomic mass is 9.92. The Labute approximate surface area is 491 Å². The predicted molar refractivity (Wildman–Crippen MR) is 352 cm³/mol. The summed E-state index contributed by atoms with van der Waals surface area (Å²) in [5.74, 6) is 14.5. The largest absolute Gasteiger partial charge is 0.354 e. The Morgan fingerprint density at radius 2 is 0.571 bits per heavy atom. The average molecular weight is 1080 g/mol. The summed E-state index contributed by atoms with van der Waals surface area (Å²) in [6.45, 7) is 13.1. The maximum atomic E-state index is 5.57. The first-order valence-corrected chi connectivity index (χ1v) is 28.5. The van der Waals surface area contributed by atoms with Gasteiger partial charge in [-0.2, -0.15) is 0 Å². The summed E-state index contributed by atoms with van der Waals surface area (Å²) in [7, 11) is 0. The van der Waals surface area contributed by atoms with Crippen LogP contribution in [0.4, 0.5) is 34.1 Å². The van der Waals surface area contributed by atoms with Crippen LogP contribution in [0.5, 0.6) is 0 Å². The van der Waals surface area contributed by atoms with Crippen molar-refractivity contribution in [1.29, 1.82) is 0 Å². The van der Waals surface area contributed by atoms with Crippen molar-refractivity contribution >= 4 is 80.5 Å². The third kappa shape index (κ3) is 10.4. The third-order valence-corrected chi connectivity index (χ3v) is 15.6. The van der Waals surface area contributed by atoms with E-state index in [1.165, 1.54) is 11.1 Å². The smallest absolute Gasteiger partial charge is 0.0815 e. The SMILES string of the molecule is Cc1cc(C)c(-c2c3nc(c(C#Cc4ccc(N(c5ccccc5)c5ccccc5)cc4)c4ccc([nH]4)c(-c4c(C)cc(C)cc4C)c4nc(c(C#Cc5ccc(N(c6ccccc6)c6ccccc6)cc5)c5ccc2[nH]5)C=C4)C=C3)c(C)c1. The van der Waals surface area contributed by atoms with E-state index in [0.717, 1.165) is 146 Å². The quantitative estimate of drug-likeness (QED) is 0.149. The summed E-state index contributed by atoms with van der Waals surface area (Å²) in [6, 6.07) is 76.4. The van der Waals surface area contributed by atoms with E-state index in [9.17, 15) is 0 Å². The van der Waals surface area contributed by atoms with Crippen molar-refractivity contribution in [3.8, 4) is 45.9 Å². The maximum Gasteiger partial charge on any atom is 0.0815 e. The summed E-state index contributed by atoms with van der Waals surface area (Å²) in [5.41, 5.74) is 27.7. The van der Waals surface area contributed by atoms with Crippen molar-refractivity contribution in [2.45, 2.75) is 41.5 Å². The third-order valence-electron chi connectivity index (χ3n) is 15.6. The number of hydrogen-bond donors (Lipinski definition) is 2. The van der Waals surface area contributed by atoms with E-state index in [-0.39, 0.29) is 0 Å². The first-order chi connectivity index (χ1) is 41.1. The molecule has 2 aliphatic heterocycles. The van der Waals surface area contributed by atoms with Crippen molar-refractivity contribution in [2.75, 3.05) is 9.80 Å². The van der Waals surface area contributed by atoms with E-state index < -0.39 is 0 Å². The Kier molecular flexibility index (Phi) is 14.1. The monoisotopic (exact) mass is 1080 g/mol. The van der Waals surface area contributed by atoms with Crippen LogP contribution in [0.15, 0.2) is 218 Å². The minimum atomic E-state index is 0.762. The number of aromatic nitrogens is 4. The molecule has 8 bridgehead atoms. The molecule has 0 atom stereocenters. The molecule has 2 aliphatic rings. The summed E-state index contributed by atoms with van der Waals surface area (Å²) in [6.07, 6.45) is 8.49. The van der Waals surface area contributed by atoms with Gasteiger partial charge < -0.3 is 19.8 Å². The Morgan fingerprint density at radius 1 is 0.286 bits per heavy atom.